The summed E-state index contributed by atoms with van der Waals surface area (Å²) in [7, 11) is 0. The van der Waals surface area contributed by atoms with Crippen molar-refractivity contribution >= 4 is 11.6 Å². The standard InChI is InChI=1S/C9H8N2O3/c12-11(13)9-5-4-8(14-9)7-3-1-2-6-10-7/h2-6,10H,1H2. The maximum atomic E-state index is 10.4. The van der Waals surface area contributed by atoms with Gasteiger partial charge in [0.25, 0.3) is 0 Å². The highest BCUT2D eigenvalue weighted by Crippen LogP contribution is 2.22. The summed E-state index contributed by atoms with van der Waals surface area (Å²) in [5.41, 5.74) is 0.764. The fraction of sp³-hybridized carbons (Fsp3) is 0.111. The summed E-state index contributed by atoms with van der Waals surface area (Å²) in [6, 6.07) is 2.92. The second-order valence-corrected chi connectivity index (χ2v) is 2.80. The van der Waals surface area contributed by atoms with E-state index in [1.165, 1.54) is 6.07 Å². The van der Waals surface area contributed by atoms with Crippen molar-refractivity contribution in [1.29, 1.82) is 0 Å². The topological polar surface area (TPSA) is 68.3 Å². The summed E-state index contributed by atoms with van der Waals surface area (Å²) in [5.74, 6) is 0.248. The highest BCUT2D eigenvalue weighted by Gasteiger charge is 2.14. The van der Waals surface area contributed by atoms with Crippen molar-refractivity contribution in [2.24, 2.45) is 0 Å². The van der Waals surface area contributed by atoms with Gasteiger partial charge in [-0.25, -0.2) is 0 Å². The summed E-state index contributed by atoms with van der Waals surface area (Å²) in [4.78, 5) is 9.80. The molecule has 0 spiro atoms. The van der Waals surface area contributed by atoms with Crippen LogP contribution in [0.1, 0.15) is 12.2 Å². The van der Waals surface area contributed by atoms with E-state index in [1.807, 2.05) is 12.2 Å². The molecule has 0 unspecified atom stereocenters. The number of hydrogen-bond acceptors (Lipinski definition) is 4. The molecule has 1 aliphatic heterocycles. The third-order valence-electron chi connectivity index (χ3n) is 1.85. The number of nitrogens with one attached hydrogen (secondary N) is 1. The molecule has 0 bridgehead atoms. The van der Waals surface area contributed by atoms with Gasteiger partial charge in [-0.2, -0.15) is 0 Å². The van der Waals surface area contributed by atoms with Crippen molar-refractivity contribution in [2.75, 3.05) is 0 Å². The van der Waals surface area contributed by atoms with Crippen molar-refractivity contribution in [3.63, 3.8) is 0 Å². The molecular weight excluding hydrogens is 184 g/mol. The molecule has 14 heavy (non-hydrogen) atoms. The lowest BCUT2D eigenvalue weighted by Crippen LogP contribution is -2.05. The second-order valence-electron chi connectivity index (χ2n) is 2.80. The van der Waals surface area contributed by atoms with Crippen molar-refractivity contribution in [3.8, 4) is 0 Å². The molecule has 1 N–H and O–H groups in total. The van der Waals surface area contributed by atoms with Crippen molar-refractivity contribution < 1.29 is 9.34 Å². The minimum absolute atomic E-state index is 0.239. The van der Waals surface area contributed by atoms with Gasteiger partial charge in [0, 0.05) is 0 Å². The Morgan fingerprint density at radius 3 is 2.93 bits per heavy atom. The lowest BCUT2D eigenvalue weighted by molar-refractivity contribution is -0.402. The average molecular weight is 192 g/mol. The molecule has 0 atom stereocenters. The molecule has 0 radical (unpaired) electrons. The smallest absolute Gasteiger partial charge is 0.399 e. The maximum absolute atomic E-state index is 10.4. The third kappa shape index (κ3) is 1.52. The fourth-order valence-corrected chi connectivity index (χ4v) is 1.20. The molecule has 5 nitrogen and oxygen atoms in total. The summed E-state index contributed by atoms with van der Waals surface area (Å²) in [5, 5.41) is 13.3. The lowest BCUT2D eigenvalue weighted by Gasteiger charge is -2.06. The van der Waals surface area contributed by atoms with E-state index in [2.05, 4.69) is 5.32 Å². The molecule has 0 amide bonds. The Bertz CT molecular complexity index is 417. The molecule has 1 aliphatic rings. The number of hydrogen-bond donors (Lipinski definition) is 1. The van der Waals surface area contributed by atoms with Crippen LogP contribution in [0.5, 0.6) is 0 Å². The van der Waals surface area contributed by atoms with Gasteiger partial charge in [-0.1, -0.05) is 12.2 Å². The predicted molar refractivity (Wildman–Crippen MR) is 50.2 cm³/mol. The van der Waals surface area contributed by atoms with Crippen molar-refractivity contribution in [2.45, 2.75) is 6.42 Å². The monoisotopic (exact) mass is 192 g/mol. The molecule has 0 saturated heterocycles. The summed E-state index contributed by atoms with van der Waals surface area (Å²) in [6.07, 6.45) is 6.43. The molecule has 0 aromatic carbocycles. The molecule has 5 heteroatoms. The Morgan fingerprint density at radius 2 is 2.36 bits per heavy atom. The first-order chi connectivity index (χ1) is 6.77. The van der Waals surface area contributed by atoms with Gasteiger partial charge < -0.3 is 9.73 Å². The Balaban J connectivity index is 2.24. The SMILES string of the molecule is O=[N+]([O-])c1ccc(C2=CCC=CN2)o1. The molecule has 1 aromatic heterocycles. The minimum atomic E-state index is -0.553. The first kappa shape index (κ1) is 8.55. The molecule has 2 heterocycles. The molecule has 0 fully saturated rings. The van der Waals surface area contributed by atoms with Gasteiger partial charge in [-0.3, -0.25) is 10.1 Å². The Hall–Kier alpha value is -2.04. The number of furan rings is 1. The molecule has 0 saturated carbocycles. The van der Waals surface area contributed by atoms with Gasteiger partial charge in [0.1, 0.15) is 4.92 Å². The van der Waals surface area contributed by atoms with E-state index >= 15 is 0 Å². The van der Waals surface area contributed by atoms with Crippen LogP contribution in [0, 0.1) is 10.1 Å². The molecule has 72 valence electrons. The Kier molecular flexibility index (Phi) is 2.06. The first-order valence-corrected chi connectivity index (χ1v) is 4.13. The number of rotatable bonds is 2. The fourth-order valence-electron chi connectivity index (χ4n) is 1.20. The van der Waals surface area contributed by atoms with Gasteiger partial charge in [-0.15, -0.1) is 0 Å². The zero-order valence-electron chi connectivity index (χ0n) is 7.27. The summed E-state index contributed by atoms with van der Waals surface area (Å²) in [6.45, 7) is 0. The normalized spacial score (nSPS) is 14.7. The van der Waals surface area contributed by atoms with Crippen LogP contribution in [-0.2, 0) is 0 Å². The largest absolute Gasteiger partial charge is 0.433 e. The van der Waals surface area contributed by atoms with E-state index in [4.69, 9.17) is 4.42 Å². The summed E-state index contributed by atoms with van der Waals surface area (Å²) >= 11 is 0. The van der Waals surface area contributed by atoms with Crippen LogP contribution in [0.15, 0.2) is 34.9 Å². The van der Waals surface area contributed by atoms with E-state index in [0.717, 1.165) is 12.1 Å². The van der Waals surface area contributed by atoms with E-state index in [1.54, 1.807) is 12.3 Å². The number of allylic oxidation sites excluding steroid dienone is 2. The Morgan fingerprint density at radius 1 is 1.50 bits per heavy atom. The van der Waals surface area contributed by atoms with Crippen LogP contribution < -0.4 is 5.32 Å². The highest BCUT2D eigenvalue weighted by atomic mass is 16.6. The zero-order valence-corrected chi connectivity index (χ0v) is 7.27. The first-order valence-electron chi connectivity index (χ1n) is 4.13. The Labute approximate surface area is 79.9 Å². The van der Waals surface area contributed by atoms with E-state index in [9.17, 15) is 10.1 Å². The average Bonchev–Trinajstić information content (AvgIpc) is 2.68. The highest BCUT2D eigenvalue weighted by molar-refractivity contribution is 5.62. The summed E-state index contributed by atoms with van der Waals surface area (Å²) < 4.78 is 5.02. The van der Waals surface area contributed by atoms with Crippen LogP contribution in [-0.4, -0.2) is 4.92 Å². The number of dihydropyridines is 1. The minimum Gasteiger partial charge on any atom is -0.399 e. The van der Waals surface area contributed by atoms with Crippen LogP contribution in [0.25, 0.3) is 5.70 Å². The number of nitrogens with zero attached hydrogens (tertiary/aromatic N) is 1. The molecule has 1 aromatic rings. The van der Waals surface area contributed by atoms with Crippen LogP contribution in [0.2, 0.25) is 0 Å². The maximum Gasteiger partial charge on any atom is 0.433 e. The molecule has 0 aliphatic carbocycles. The third-order valence-corrected chi connectivity index (χ3v) is 1.85. The quantitative estimate of drug-likeness (QED) is 0.575. The van der Waals surface area contributed by atoms with E-state index in [-0.39, 0.29) is 5.88 Å². The molecule has 2 rings (SSSR count). The van der Waals surface area contributed by atoms with Gasteiger partial charge in [0.2, 0.25) is 0 Å². The van der Waals surface area contributed by atoms with Crippen molar-refractivity contribution in [1.82, 2.24) is 5.32 Å². The number of nitro groups is 1. The predicted octanol–water partition coefficient (Wildman–Crippen LogP) is 2.04. The molecular formula is C9H8N2O3. The van der Waals surface area contributed by atoms with Gasteiger partial charge in [0.05, 0.1) is 11.8 Å². The van der Waals surface area contributed by atoms with E-state index < -0.39 is 4.92 Å². The van der Waals surface area contributed by atoms with Gasteiger partial charge in [-0.05, 0) is 18.7 Å². The van der Waals surface area contributed by atoms with Crippen molar-refractivity contribution in [3.05, 3.63) is 46.4 Å². The van der Waals surface area contributed by atoms with E-state index in [0.29, 0.717) is 5.76 Å². The van der Waals surface area contributed by atoms with Gasteiger partial charge >= 0.3 is 5.88 Å². The van der Waals surface area contributed by atoms with Crippen LogP contribution >= 0.6 is 0 Å². The van der Waals surface area contributed by atoms with Gasteiger partial charge in [0.15, 0.2) is 5.76 Å². The zero-order chi connectivity index (χ0) is 9.97. The second kappa shape index (κ2) is 3.37. The van der Waals surface area contributed by atoms with Crippen LogP contribution in [0.3, 0.4) is 0 Å². The van der Waals surface area contributed by atoms with Crippen LogP contribution in [0.4, 0.5) is 5.88 Å². The lowest BCUT2D eigenvalue weighted by atomic mass is 10.2.